The summed E-state index contributed by atoms with van der Waals surface area (Å²) >= 11 is 0. The van der Waals surface area contributed by atoms with Crippen molar-refractivity contribution in [3.05, 3.63) is 11.6 Å². The number of aliphatic hydroxyl groups is 1. The molecule has 0 aliphatic rings. The number of halogens is 4. The molecule has 0 radical (unpaired) electrons. The Balaban J connectivity index is 3.41. The van der Waals surface area contributed by atoms with Crippen molar-refractivity contribution >= 4 is 0 Å². The van der Waals surface area contributed by atoms with Crippen molar-refractivity contribution in [1.29, 1.82) is 0 Å². The molecule has 1 aromatic carbocycles. The maximum absolute atomic E-state index is 12.3. The fourth-order valence-corrected chi connectivity index (χ4v) is 1.55. The molecule has 0 bridgehead atoms. The summed E-state index contributed by atoms with van der Waals surface area (Å²) in [6.45, 7) is -5.98. The Hall–Kier alpha value is -1.90. The van der Waals surface area contributed by atoms with Gasteiger partial charge >= 0.3 is 0 Å². The van der Waals surface area contributed by atoms with Crippen LogP contribution in [-0.2, 0) is 6.61 Å². The van der Waals surface area contributed by atoms with Crippen LogP contribution in [0.4, 0.5) is 17.6 Å². The molecule has 20 heavy (non-hydrogen) atoms. The highest BCUT2D eigenvalue weighted by Gasteiger charge is 2.23. The van der Waals surface area contributed by atoms with Crippen LogP contribution in [0.1, 0.15) is 5.56 Å². The highest BCUT2D eigenvalue weighted by atomic mass is 19.1. The van der Waals surface area contributed by atoms with Gasteiger partial charge < -0.3 is 24.1 Å². The van der Waals surface area contributed by atoms with Crippen molar-refractivity contribution < 1.29 is 41.6 Å². The predicted octanol–water partition coefficient (Wildman–Crippen LogP) is 2.40. The average Bonchev–Trinajstić information content (AvgIpc) is 2.44. The monoisotopic (exact) mass is 300 g/mol. The number of hydrogen-bond donors (Lipinski definition) is 1. The lowest BCUT2D eigenvalue weighted by molar-refractivity contribution is 0.136. The average molecular weight is 300 g/mol. The minimum absolute atomic E-state index is 0.255. The summed E-state index contributed by atoms with van der Waals surface area (Å²) in [5, 5.41) is 9.23. The van der Waals surface area contributed by atoms with Gasteiger partial charge in [0.05, 0.1) is 12.2 Å². The molecular formula is C11H12F4O5. The third-order valence-corrected chi connectivity index (χ3v) is 2.23. The molecule has 9 heteroatoms. The van der Waals surface area contributed by atoms with E-state index in [1.54, 1.807) is 0 Å². The Labute approximate surface area is 111 Å². The van der Waals surface area contributed by atoms with Gasteiger partial charge in [-0.1, -0.05) is 0 Å². The van der Waals surface area contributed by atoms with Gasteiger partial charge in [-0.15, -0.1) is 0 Å². The van der Waals surface area contributed by atoms with Crippen LogP contribution in [0.2, 0.25) is 0 Å². The van der Waals surface area contributed by atoms with E-state index >= 15 is 0 Å². The van der Waals surface area contributed by atoms with Gasteiger partial charge in [-0.3, -0.25) is 0 Å². The lowest BCUT2D eigenvalue weighted by atomic mass is 10.1. The third kappa shape index (κ3) is 3.56. The normalized spacial score (nSPS) is 10.2. The van der Waals surface area contributed by atoms with E-state index in [2.05, 4.69) is 18.9 Å². The molecular weight excluding hydrogens is 288 g/mol. The topological polar surface area (TPSA) is 57.2 Å². The zero-order chi connectivity index (χ0) is 15.0. The molecule has 0 aliphatic carbocycles. The molecule has 0 spiro atoms. The van der Waals surface area contributed by atoms with Crippen molar-refractivity contribution in [2.45, 2.75) is 6.61 Å². The molecule has 1 N–H and O–H groups in total. The molecule has 1 aromatic rings. The Kier molecular flexibility index (Phi) is 6.71. The first-order chi connectivity index (χ1) is 9.73. The minimum Gasteiger partial charge on any atom is -0.459 e. The van der Waals surface area contributed by atoms with Gasteiger partial charge in [0.2, 0.25) is 27.4 Å². The van der Waals surface area contributed by atoms with E-state index in [-0.39, 0.29) is 28.6 Å². The van der Waals surface area contributed by atoms with Crippen molar-refractivity contribution in [2.24, 2.45) is 0 Å². The number of ether oxygens (including phenoxy) is 4. The molecule has 0 atom stereocenters. The van der Waals surface area contributed by atoms with Crippen LogP contribution in [0, 0.1) is 0 Å². The highest BCUT2D eigenvalue weighted by Crippen LogP contribution is 2.45. The van der Waals surface area contributed by atoms with E-state index in [1.807, 2.05) is 0 Å². The molecule has 0 unspecified atom stereocenters. The standard InChI is InChI=1S/C11H12F4O5/c12-3-17-8-1-9(18-4-13)11(20-6-15)7(2-16)10(8)19-5-14/h1,16H,2-6H2. The second kappa shape index (κ2) is 8.31. The van der Waals surface area contributed by atoms with Gasteiger partial charge in [-0.05, 0) is 0 Å². The molecule has 1 rings (SSSR count). The van der Waals surface area contributed by atoms with Crippen LogP contribution < -0.4 is 18.9 Å². The Bertz CT molecular complexity index is 396. The summed E-state index contributed by atoms with van der Waals surface area (Å²) in [6, 6.07) is 0.939. The molecule has 0 aliphatic heterocycles. The third-order valence-electron chi connectivity index (χ3n) is 2.23. The summed E-state index contributed by atoms with van der Waals surface area (Å²) in [4.78, 5) is 0. The molecule has 0 aromatic heterocycles. The van der Waals surface area contributed by atoms with Crippen molar-refractivity contribution in [2.75, 3.05) is 27.4 Å². The molecule has 0 fully saturated rings. The lowest BCUT2D eigenvalue weighted by Gasteiger charge is -2.18. The highest BCUT2D eigenvalue weighted by molar-refractivity contribution is 5.61. The molecule has 114 valence electrons. The van der Waals surface area contributed by atoms with E-state index in [0.717, 1.165) is 6.07 Å². The van der Waals surface area contributed by atoms with Gasteiger partial charge in [0.15, 0.2) is 23.0 Å². The first-order valence-electron chi connectivity index (χ1n) is 5.29. The molecule has 0 amide bonds. The Morgan fingerprint density at radius 2 is 1.15 bits per heavy atom. The second-order valence-corrected chi connectivity index (χ2v) is 3.18. The zero-order valence-electron chi connectivity index (χ0n) is 10.2. The number of rotatable bonds is 9. The van der Waals surface area contributed by atoms with Crippen LogP contribution >= 0.6 is 0 Å². The van der Waals surface area contributed by atoms with E-state index in [9.17, 15) is 22.7 Å². The molecule has 0 saturated heterocycles. The summed E-state index contributed by atoms with van der Waals surface area (Å²) < 4.78 is 67.4. The molecule has 5 nitrogen and oxygen atoms in total. The largest absolute Gasteiger partial charge is 0.459 e. The van der Waals surface area contributed by atoms with Crippen LogP contribution in [0.5, 0.6) is 23.0 Å². The quantitative estimate of drug-likeness (QED) is 0.710. The van der Waals surface area contributed by atoms with E-state index in [1.165, 1.54) is 0 Å². The summed E-state index contributed by atoms with van der Waals surface area (Å²) in [6.07, 6.45) is 0. The Morgan fingerprint density at radius 3 is 1.45 bits per heavy atom. The minimum atomic E-state index is -1.31. The first kappa shape index (κ1) is 16.2. The van der Waals surface area contributed by atoms with Crippen molar-refractivity contribution in [3.8, 4) is 23.0 Å². The van der Waals surface area contributed by atoms with Gasteiger partial charge in [-0.2, -0.15) is 0 Å². The van der Waals surface area contributed by atoms with Crippen LogP contribution in [0.3, 0.4) is 0 Å². The fourth-order valence-electron chi connectivity index (χ4n) is 1.55. The van der Waals surface area contributed by atoms with Crippen LogP contribution in [0.25, 0.3) is 0 Å². The zero-order valence-corrected chi connectivity index (χ0v) is 10.2. The maximum Gasteiger partial charge on any atom is 0.228 e. The van der Waals surface area contributed by atoms with Crippen LogP contribution in [0.15, 0.2) is 6.07 Å². The smallest absolute Gasteiger partial charge is 0.228 e. The fraction of sp³-hybridized carbons (Fsp3) is 0.455. The first-order valence-corrected chi connectivity index (χ1v) is 5.29. The number of alkyl halides is 4. The van der Waals surface area contributed by atoms with Gasteiger partial charge in [0, 0.05) is 6.07 Å². The lowest BCUT2D eigenvalue weighted by Crippen LogP contribution is -2.06. The van der Waals surface area contributed by atoms with Gasteiger partial charge in [0.1, 0.15) is 0 Å². The van der Waals surface area contributed by atoms with Crippen molar-refractivity contribution in [3.63, 3.8) is 0 Å². The maximum atomic E-state index is 12.3. The van der Waals surface area contributed by atoms with Crippen molar-refractivity contribution in [1.82, 2.24) is 0 Å². The van der Waals surface area contributed by atoms with Gasteiger partial charge in [-0.25, -0.2) is 17.6 Å². The second-order valence-electron chi connectivity index (χ2n) is 3.18. The number of aliphatic hydroxyl groups excluding tert-OH is 1. The number of hydrogen-bond acceptors (Lipinski definition) is 5. The van der Waals surface area contributed by atoms with E-state index in [4.69, 9.17) is 0 Å². The summed E-state index contributed by atoms with van der Waals surface area (Å²) in [5.41, 5.74) is -0.255. The SMILES string of the molecule is OCc1c(OCF)c(OCF)cc(OCF)c1OCF. The molecule has 0 heterocycles. The molecule has 0 saturated carbocycles. The van der Waals surface area contributed by atoms with E-state index in [0.29, 0.717) is 0 Å². The summed E-state index contributed by atoms with van der Waals surface area (Å²) in [5.74, 6) is -1.46. The van der Waals surface area contributed by atoms with E-state index < -0.39 is 34.0 Å². The number of benzene rings is 1. The van der Waals surface area contributed by atoms with Gasteiger partial charge in [0.25, 0.3) is 0 Å². The van der Waals surface area contributed by atoms with Crippen LogP contribution in [-0.4, -0.2) is 32.5 Å². The predicted molar refractivity (Wildman–Crippen MR) is 58.8 cm³/mol. The Morgan fingerprint density at radius 1 is 0.750 bits per heavy atom. The summed E-state index contributed by atoms with van der Waals surface area (Å²) in [7, 11) is 0.